The summed E-state index contributed by atoms with van der Waals surface area (Å²) in [5.74, 6) is 1.04. The normalized spacial score (nSPS) is 11.0. The van der Waals surface area contributed by atoms with E-state index in [1.54, 1.807) is 19.2 Å². The Morgan fingerprint density at radius 3 is 2.00 bits per heavy atom. The lowest BCUT2D eigenvalue weighted by molar-refractivity contribution is 0.415. The molecule has 0 heterocycles. The molecule has 4 aromatic rings. The molecule has 3 heteroatoms. The van der Waals surface area contributed by atoms with Gasteiger partial charge in [0, 0.05) is 11.1 Å². The molecule has 0 saturated carbocycles. The van der Waals surface area contributed by atoms with Crippen LogP contribution < -0.4 is 4.74 Å². The second-order valence-corrected chi connectivity index (χ2v) is 5.73. The number of phenolic OH excluding ortho intramolecular Hbond substituents is 2. The lowest BCUT2D eigenvalue weighted by Gasteiger charge is -2.14. The highest BCUT2D eigenvalue weighted by Gasteiger charge is 2.16. The van der Waals surface area contributed by atoms with E-state index in [1.807, 2.05) is 54.6 Å². The van der Waals surface area contributed by atoms with Gasteiger partial charge in [0.05, 0.1) is 7.11 Å². The van der Waals surface area contributed by atoms with E-state index in [1.165, 1.54) is 0 Å². The molecule has 4 aromatic carbocycles. The average molecular weight is 316 g/mol. The SMILES string of the molecule is COc1ccc2c(-c3c(O)ccc4ccccc34)c(O)ccc2c1. The number of fused-ring (bicyclic) bond motifs is 2. The average Bonchev–Trinajstić information content (AvgIpc) is 2.62. The molecule has 0 unspecified atom stereocenters. The number of methoxy groups -OCH3 is 1. The van der Waals surface area contributed by atoms with Crippen molar-refractivity contribution < 1.29 is 14.9 Å². The van der Waals surface area contributed by atoms with Gasteiger partial charge in [-0.05, 0) is 51.9 Å². The van der Waals surface area contributed by atoms with Crippen molar-refractivity contribution in [1.29, 1.82) is 0 Å². The highest BCUT2D eigenvalue weighted by Crippen LogP contribution is 2.44. The predicted octanol–water partition coefficient (Wildman–Crippen LogP) is 5.08. The number of rotatable bonds is 2. The lowest BCUT2D eigenvalue weighted by Crippen LogP contribution is -1.88. The smallest absolute Gasteiger partial charge is 0.124 e. The number of hydrogen-bond acceptors (Lipinski definition) is 3. The number of ether oxygens (including phenoxy) is 1. The predicted molar refractivity (Wildman–Crippen MR) is 96.8 cm³/mol. The van der Waals surface area contributed by atoms with E-state index in [0.29, 0.717) is 11.1 Å². The molecule has 0 radical (unpaired) electrons. The monoisotopic (exact) mass is 316 g/mol. The fourth-order valence-corrected chi connectivity index (χ4v) is 3.21. The van der Waals surface area contributed by atoms with E-state index in [9.17, 15) is 10.2 Å². The largest absolute Gasteiger partial charge is 0.507 e. The van der Waals surface area contributed by atoms with Crippen LogP contribution >= 0.6 is 0 Å². The second-order valence-electron chi connectivity index (χ2n) is 5.73. The first kappa shape index (κ1) is 14.4. The van der Waals surface area contributed by atoms with Crippen molar-refractivity contribution in [2.24, 2.45) is 0 Å². The summed E-state index contributed by atoms with van der Waals surface area (Å²) in [6, 6.07) is 20.5. The molecule has 3 nitrogen and oxygen atoms in total. The molecule has 0 atom stereocenters. The van der Waals surface area contributed by atoms with Gasteiger partial charge in [-0.1, -0.05) is 36.4 Å². The third-order valence-corrected chi connectivity index (χ3v) is 4.36. The van der Waals surface area contributed by atoms with Gasteiger partial charge in [0.25, 0.3) is 0 Å². The zero-order valence-corrected chi connectivity index (χ0v) is 13.2. The van der Waals surface area contributed by atoms with Gasteiger partial charge in [0.1, 0.15) is 17.2 Å². The first-order chi connectivity index (χ1) is 11.7. The first-order valence-corrected chi connectivity index (χ1v) is 7.70. The Kier molecular flexibility index (Phi) is 3.28. The topological polar surface area (TPSA) is 49.7 Å². The summed E-state index contributed by atoms with van der Waals surface area (Å²) in [6.45, 7) is 0. The highest BCUT2D eigenvalue weighted by atomic mass is 16.5. The van der Waals surface area contributed by atoms with Crippen LogP contribution in [0, 0.1) is 0 Å². The van der Waals surface area contributed by atoms with E-state index < -0.39 is 0 Å². The second kappa shape index (κ2) is 5.46. The summed E-state index contributed by atoms with van der Waals surface area (Å²) in [6.07, 6.45) is 0. The molecule has 2 N–H and O–H groups in total. The van der Waals surface area contributed by atoms with Crippen LogP contribution in [0.2, 0.25) is 0 Å². The van der Waals surface area contributed by atoms with E-state index in [0.717, 1.165) is 27.3 Å². The maximum Gasteiger partial charge on any atom is 0.124 e. The van der Waals surface area contributed by atoms with Crippen LogP contribution in [-0.4, -0.2) is 17.3 Å². The van der Waals surface area contributed by atoms with E-state index >= 15 is 0 Å². The molecule has 0 bridgehead atoms. The van der Waals surface area contributed by atoms with Crippen LogP contribution in [0.5, 0.6) is 17.2 Å². The highest BCUT2D eigenvalue weighted by molar-refractivity contribution is 6.09. The van der Waals surface area contributed by atoms with Gasteiger partial charge >= 0.3 is 0 Å². The van der Waals surface area contributed by atoms with Crippen LogP contribution in [0.3, 0.4) is 0 Å². The number of phenols is 2. The molecule has 0 aliphatic heterocycles. The van der Waals surface area contributed by atoms with Gasteiger partial charge < -0.3 is 14.9 Å². The van der Waals surface area contributed by atoms with E-state index in [2.05, 4.69) is 0 Å². The standard InChI is InChI=1S/C21H16O3/c1-24-15-8-9-17-14(12-15)7-11-19(23)21(17)20-16-5-3-2-4-13(16)6-10-18(20)22/h2-12,22-23H,1H3. The third-order valence-electron chi connectivity index (χ3n) is 4.36. The van der Waals surface area contributed by atoms with E-state index in [4.69, 9.17) is 4.74 Å². The maximum atomic E-state index is 10.5. The molecule has 4 rings (SSSR count). The van der Waals surface area contributed by atoms with Gasteiger partial charge in [0.2, 0.25) is 0 Å². The Morgan fingerprint density at radius 2 is 1.29 bits per heavy atom. The fourth-order valence-electron chi connectivity index (χ4n) is 3.21. The van der Waals surface area contributed by atoms with Crippen molar-refractivity contribution in [2.75, 3.05) is 7.11 Å². The first-order valence-electron chi connectivity index (χ1n) is 7.70. The fraction of sp³-hybridized carbons (Fsp3) is 0.0476. The van der Waals surface area contributed by atoms with Gasteiger partial charge in [-0.15, -0.1) is 0 Å². The van der Waals surface area contributed by atoms with Crippen molar-refractivity contribution in [3.8, 4) is 28.4 Å². The van der Waals surface area contributed by atoms with Crippen LogP contribution in [0.25, 0.3) is 32.7 Å². The van der Waals surface area contributed by atoms with Crippen LogP contribution in [0.1, 0.15) is 0 Å². The summed E-state index contributed by atoms with van der Waals surface area (Å²) in [5, 5.41) is 24.8. The molecule has 0 aliphatic carbocycles. The number of benzene rings is 4. The van der Waals surface area contributed by atoms with Crippen LogP contribution in [0.15, 0.2) is 66.7 Å². The van der Waals surface area contributed by atoms with Crippen molar-refractivity contribution >= 4 is 21.5 Å². The molecule has 0 amide bonds. The minimum absolute atomic E-state index is 0.138. The summed E-state index contributed by atoms with van der Waals surface area (Å²) < 4.78 is 5.28. The minimum atomic E-state index is 0.138. The maximum absolute atomic E-state index is 10.5. The molecule has 0 fully saturated rings. The Morgan fingerprint density at radius 1 is 0.667 bits per heavy atom. The quantitative estimate of drug-likeness (QED) is 0.542. The number of hydrogen-bond donors (Lipinski definition) is 2. The van der Waals surface area contributed by atoms with Crippen LogP contribution in [0.4, 0.5) is 0 Å². The molecular weight excluding hydrogens is 300 g/mol. The molecule has 0 saturated heterocycles. The van der Waals surface area contributed by atoms with Crippen LogP contribution in [-0.2, 0) is 0 Å². The molecule has 0 aliphatic rings. The van der Waals surface area contributed by atoms with Gasteiger partial charge in [0.15, 0.2) is 0 Å². The molecule has 24 heavy (non-hydrogen) atoms. The summed E-state index contributed by atoms with van der Waals surface area (Å²) in [5.41, 5.74) is 1.27. The zero-order valence-electron chi connectivity index (χ0n) is 13.2. The molecule has 0 spiro atoms. The zero-order chi connectivity index (χ0) is 16.7. The third kappa shape index (κ3) is 2.14. The Bertz CT molecular complexity index is 1070. The van der Waals surface area contributed by atoms with Crippen molar-refractivity contribution in [1.82, 2.24) is 0 Å². The van der Waals surface area contributed by atoms with Gasteiger partial charge in [-0.2, -0.15) is 0 Å². The molecule has 118 valence electrons. The Balaban J connectivity index is 2.14. The van der Waals surface area contributed by atoms with E-state index in [-0.39, 0.29) is 11.5 Å². The minimum Gasteiger partial charge on any atom is -0.507 e. The Labute approximate surface area is 139 Å². The summed E-state index contributed by atoms with van der Waals surface area (Å²) in [7, 11) is 1.62. The summed E-state index contributed by atoms with van der Waals surface area (Å²) >= 11 is 0. The van der Waals surface area contributed by atoms with Gasteiger partial charge in [-0.3, -0.25) is 0 Å². The van der Waals surface area contributed by atoms with Gasteiger partial charge in [-0.25, -0.2) is 0 Å². The Hall–Kier alpha value is -3.20. The number of aromatic hydroxyl groups is 2. The van der Waals surface area contributed by atoms with Crippen molar-refractivity contribution in [2.45, 2.75) is 0 Å². The van der Waals surface area contributed by atoms with Crippen molar-refractivity contribution in [3.05, 3.63) is 66.7 Å². The molecule has 0 aromatic heterocycles. The lowest BCUT2D eigenvalue weighted by atomic mass is 9.92. The van der Waals surface area contributed by atoms with Crippen molar-refractivity contribution in [3.63, 3.8) is 0 Å². The summed E-state index contributed by atoms with van der Waals surface area (Å²) in [4.78, 5) is 0. The molecular formula is C21H16O3.